The standard InChI is InChI=1S/C37H38N2O8S/c1-22-32(21-48-35-31(36(43)44)9-6-18-38-35)46-37(47-33(22)27-12-10-25(20-40)11-13-27)28-16-14-26(15-17-28)30-8-5-4-7-29(30)19-39-34(42)23(2)45-24(3)41/h4-18,22-23,32-33,37,40H,19-21H2,1-3H3,(H,39,42)(H,43,44). The number of hydrogen-bond donors (Lipinski definition) is 3. The lowest BCUT2D eigenvalue weighted by atomic mass is 9.91. The van der Waals surface area contributed by atoms with E-state index in [0.29, 0.717) is 10.8 Å². The summed E-state index contributed by atoms with van der Waals surface area (Å²) >= 11 is 1.34. The molecule has 5 rings (SSSR count). The molecule has 3 aromatic carbocycles. The molecule has 250 valence electrons. The lowest BCUT2D eigenvalue weighted by molar-refractivity contribution is -0.268. The number of pyridine rings is 1. The van der Waals surface area contributed by atoms with Crippen molar-refractivity contribution in [1.82, 2.24) is 10.3 Å². The van der Waals surface area contributed by atoms with E-state index in [2.05, 4.69) is 10.3 Å². The van der Waals surface area contributed by atoms with Gasteiger partial charge in [-0.1, -0.05) is 79.7 Å². The van der Waals surface area contributed by atoms with Gasteiger partial charge in [0.1, 0.15) is 5.03 Å². The Hall–Kier alpha value is -4.55. The van der Waals surface area contributed by atoms with Crippen LogP contribution in [0.25, 0.3) is 11.1 Å². The maximum absolute atomic E-state index is 12.4. The van der Waals surface area contributed by atoms with E-state index in [0.717, 1.165) is 33.4 Å². The number of amides is 1. The van der Waals surface area contributed by atoms with E-state index < -0.39 is 24.3 Å². The van der Waals surface area contributed by atoms with Gasteiger partial charge in [0.25, 0.3) is 5.91 Å². The van der Waals surface area contributed by atoms with Crippen LogP contribution in [0.1, 0.15) is 65.8 Å². The van der Waals surface area contributed by atoms with Crippen LogP contribution < -0.4 is 5.32 Å². The number of hydrogen-bond acceptors (Lipinski definition) is 9. The Bertz CT molecular complexity index is 1730. The van der Waals surface area contributed by atoms with Crippen LogP contribution in [-0.2, 0) is 37.0 Å². The van der Waals surface area contributed by atoms with Crippen LogP contribution in [0.4, 0.5) is 0 Å². The Kier molecular flexibility index (Phi) is 11.6. The zero-order chi connectivity index (χ0) is 34.2. The lowest BCUT2D eigenvalue weighted by Gasteiger charge is -2.41. The summed E-state index contributed by atoms with van der Waals surface area (Å²) in [5.41, 5.74) is 5.46. The normalized spacial score (nSPS) is 19.7. The molecule has 5 unspecified atom stereocenters. The summed E-state index contributed by atoms with van der Waals surface area (Å²) in [6, 6.07) is 26.4. The molecule has 0 bridgehead atoms. The molecule has 10 nitrogen and oxygen atoms in total. The van der Waals surface area contributed by atoms with Crippen molar-refractivity contribution < 1.29 is 38.8 Å². The van der Waals surface area contributed by atoms with E-state index >= 15 is 0 Å². The number of ether oxygens (including phenoxy) is 3. The molecule has 1 aliphatic heterocycles. The third kappa shape index (κ3) is 8.48. The molecular formula is C37H38N2O8S. The number of thioether (sulfide) groups is 1. The topological polar surface area (TPSA) is 144 Å². The number of carboxylic acids is 1. The summed E-state index contributed by atoms with van der Waals surface area (Å²) in [5.74, 6) is -1.57. The number of nitrogens with zero attached hydrogens (tertiary/aromatic N) is 1. The first-order chi connectivity index (χ1) is 23.1. The number of rotatable bonds is 12. The van der Waals surface area contributed by atoms with Crippen LogP contribution in [0.2, 0.25) is 0 Å². The second-order valence-corrected chi connectivity index (χ2v) is 12.6. The van der Waals surface area contributed by atoms with Crippen LogP contribution in [-0.4, -0.2) is 51.0 Å². The Balaban J connectivity index is 1.36. The molecule has 1 saturated heterocycles. The summed E-state index contributed by atoms with van der Waals surface area (Å²) in [5, 5.41) is 22.5. The Morgan fingerprint density at radius 3 is 2.35 bits per heavy atom. The number of aliphatic hydroxyl groups excluding tert-OH is 1. The number of aromatic carboxylic acids is 1. The fraction of sp³-hybridized carbons (Fsp3) is 0.297. The minimum absolute atomic E-state index is 0.0579. The van der Waals surface area contributed by atoms with Gasteiger partial charge in [-0.25, -0.2) is 9.78 Å². The fourth-order valence-electron chi connectivity index (χ4n) is 5.54. The zero-order valence-electron chi connectivity index (χ0n) is 26.9. The van der Waals surface area contributed by atoms with E-state index in [1.165, 1.54) is 31.7 Å². The molecule has 0 spiro atoms. The van der Waals surface area contributed by atoms with Gasteiger partial charge in [0.05, 0.1) is 24.4 Å². The molecule has 48 heavy (non-hydrogen) atoms. The number of carbonyl (C=O) groups is 3. The summed E-state index contributed by atoms with van der Waals surface area (Å²) in [4.78, 5) is 39.8. The highest BCUT2D eigenvalue weighted by molar-refractivity contribution is 7.99. The molecule has 1 aliphatic rings. The number of esters is 1. The third-order valence-electron chi connectivity index (χ3n) is 8.19. The highest BCUT2D eigenvalue weighted by Gasteiger charge is 2.38. The van der Waals surface area contributed by atoms with Crippen molar-refractivity contribution in [2.24, 2.45) is 5.92 Å². The van der Waals surface area contributed by atoms with Crippen LogP contribution in [0.15, 0.2) is 96.2 Å². The van der Waals surface area contributed by atoms with E-state index in [-0.39, 0.29) is 42.7 Å². The number of carboxylic acid groups (broad SMARTS) is 1. The van der Waals surface area contributed by atoms with E-state index in [1.54, 1.807) is 12.3 Å². The first-order valence-corrected chi connectivity index (χ1v) is 16.6. The molecule has 0 aliphatic carbocycles. The Labute approximate surface area is 283 Å². The van der Waals surface area contributed by atoms with Crippen molar-refractivity contribution in [1.29, 1.82) is 0 Å². The maximum Gasteiger partial charge on any atom is 0.338 e. The third-order valence-corrected chi connectivity index (χ3v) is 9.28. The van der Waals surface area contributed by atoms with Gasteiger partial charge in [-0.3, -0.25) is 9.59 Å². The minimum Gasteiger partial charge on any atom is -0.478 e. The average molecular weight is 671 g/mol. The average Bonchev–Trinajstić information content (AvgIpc) is 3.10. The summed E-state index contributed by atoms with van der Waals surface area (Å²) in [6.07, 6.45) is -0.659. The van der Waals surface area contributed by atoms with E-state index in [4.69, 9.17) is 14.2 Å². The maximum atomic E-state index is 12.4. The molecule has 1 aromatic heterocycles. The van der Waals surface area contributed by atoms with Gasteiger partial charge in [0.15, 0.2) is 12.4 Å². The van der Waals surface area contributed by atoms with Gasteiger partial charge in [-0.15, -0.1) is 11.8 Å². The molecule has 5 atom stereocenters. The van der Waals surface area contributed by atoms with Gasteiger partial charge in [0.2, 0.25) is 0 Å². The molecule has 2 heterocycles. The summed E-state index contributed by atoms with van der Waals surface area (Å²) in [7, 11) is 0. The number of aliphatic hydroxyl groups is 1. The molecule has 3 N–H and O–H groups in total. The van der Waals surface area contributed by atoms with E-state index in [1.807, 2.05) is 79.7 Å². The number of carbonyl (C=O) groups excluding carboxylic acids is 2. The monoisotopic (exact) mass is 670 g/mol. The molecule has 4 aromatic rings. The van der Waals surface area contributed by atoms with Gasteiger partial charge < -0.3 is 29.7 Å². The largest absolute Gasteiger partial charge is 0.478 e. The summed E-state index contributed by atoms with van der Waals surface area (Å²) < 4.78 is 18.1. The number of benzene rings is 3. The van der Waals surface area contributed by atoms with Crippen LogP contribution in [0, 0.1) is 5.92 Å². The van der Waals surface area contributed by atoms with Gasteiger partial charge in [0, 0.05) is 36.9 Å². The summed E-state index contributed by atoms with van der Waals surface area (Å²) in [6.45, 7) is 5.04. The molecule has 1 amide bonds. The quantitative estimate of drug-likeness (QED) is 0.120. The van der Waals surface area contributed by atoms with Crippen molar-refractivity contribution >= 4 is 29.6 Å². The molecular weight excluding hydrogens is 632 g/mol. The van der Waals surface area contributed by atoms with Gasteiger partial charge in [-0.05, 0) is 46.9 Å². The smallest absolute Gasteiger partial charge is 0.338 e. The fourth-order valence-corrected chi connectivity index (χ4v) is 6.69. The van der Waals surface area contributed by atoms with Gasteiger partial charge in [-0.2, -0.15) is 0 Å². The first kappa shape index (κ1) is 34.8. The van der Waals surface area contributed by atoms with Crippen LogP contribution >= 0.6 is 11.8 Å². The van der Waals surface area contributed by atoms with Crippen molar-refractivity contribution in [3.63, 3.8) is 0 Å². The van der Waals surface area contributed by atoms with Gasteiger partial charge >= 0.3 is 11.9 Å². The number of nitrogens with one attached hydrogen (secondary N) is 1. The van der Waals surface area contributed by atoms with Crippen molar-refractivity contribution in [2.45, 2.75) is 63.6 Å². The molecule has 1 fully saturated rings. The van der Waals surface area contributed by atoms with Crippen molar-refractivity contribution in [3.05, 3.63) is 119 Å². The highest BCUT2D eigenvalue weighted by Crippen LogP contribution is 2.43. The van der Waals surface area contributed by atoms with Crippen molar-refractivity contribution in [3.8, 4) is 11.1 Å². The van der Waals surface area contributed by atoms with E-state index in [9.17, 15) is 24.6 Å². The SMILES string of the molecule is CC(=O)OC(C)C(=O)NCc1ccccc1-c1ccc(C2OC(CSc3ncccc3C(=O)O)C(C)C(c3ccc(CO)cc3)O2)cc1. The predicted octanol–water partition coefficient (Wildman–Crippen LogP) is 6.09. The second-order valence-electron chi connectivity index (χ2n) is 11.5. The minimum atomic E-state index is -1.04. The van der Waals surface area contributed by atoms with Crippen LogP contribution in [0.5, 0.6) is 0 Å². The number of aromatic nitrogens is 1. The Morgan fingerprint density at radius 2 is 1.67 bits per heavy atom. The van der Waals surface area contributed by atoms with Crippen molar-refractivity contribution in [2.75, 3.05) is 5.75 Å². The zero-order valence-corrected chi connectivity index (χ0v) is 27.7. The molecule has 0 saturated carbocycles. The Morgan fingerprint density at radius 1 is 0.958 bits per heavy atom. The molecule has 0 radical (unpaired) electrons. The van der Waals surface area contributed by atoms with Crippen LogP contribution in [0.3, 0.4) is 0 Å². The first-order valence-electron chi connectivity index (χ1n) is 15.6. The predicted molar refractivity (Wildman–Crippen MR) is 180 cm³/mol. The lowest BCUT2D eigenvalue weighted by Crippen LogP contribution is -2.38. The second kappa shape index (κ2) is 16.0. The highest BCUT2D eigenvalue weighted by atomic mass is 32.2. The molecule has 11 heteroatoms.